The van der Waals surface area contributed by atoms with E-state index in [1.54, 1.807) is 33.6 Å². The molecular formula is C24H25ClN2O4. The molecule has 0 fully saturated rings. The molecule has 3 aromatic carbocycles. The number of hydrazone groups is 1. The summed E-state index contributed by atoms with van der Waals surface area (Å²) < 4.78 is 21.9. The Morgan fingerprint density at radius 2 is 1.58 bits per heavy atom. The van der Waals surface area contributed by atoms with Crippen molar-refractivity contribution in [3.63, 3.8) is 0 Å². The number of benzene rings is 3. The van der Waals surface area contributed by atoms with Crippen molar-refractivity contribution >= 4 is 17.8 Å². The van der Waals surface area contributed by atoms with Crippen LogP contribution in [0.2, 0.25) is 5.02 Å². The molecule has 0 atom stereocenters. The largest absolute Gasteiger partial charge is 0.493 e. The quantitative estimate of drug-likeness (QED) is 0.352. The first kappa shape index (κ1) is 22.3. The number of nitrogens with zero attached hydrogens (tertiary/aromatic N) is 1. The molecule has 6 nitrogen and oxygen atoms in total. The lowest BCUT2D eigenvalue weighted by Gasteiger charge is -2.13. The van der Waals surface area contributed by atoms with E-state index in [1.807, 2.05) is 54.6 Å². The maximum Gasteiger partial charge on any atom is 0.180 e. The van der Waals surface area contributed by atoms with Gasteiger partial charge in [0.05, 0.1) is 39.1 Å². The molecule has 3 aromatic rings. The fraction of sp³-hybridized carbons (Fsp3) is 0.208. The normalized spacial score (nSPS) is 10.7. The van der Waals surface area contributed by atoms with Gasteiger partial charge >= 0.3 is 0 Å². The molecule has 0 aliphatic carbocycles. The predicted octanol–water partition coefficient (Wildman–Crippen LogP) is 5.07. The number of hydrogen-bond donors (Lipinski definition) is 1. The van der Waals surface area contributed by atoms with Gasteiger partial charge in [0.1, 0.15) is 6.61 Å². The summed E-state index contributed by atoms with van der Waals surface area (Å²) in [6.07, 6.45) is 1.68. The highest BCUT2D eigenvalue weighted by Crippen LogP contribution is 2.36. The van der Waals surface area contributed by atoms with E-state index in [2.05, 4.69) is 10.5 Å². The fourth-order valence-corrected chi connectivity index (χ4v) is 3.21. The Morgan fingerprint density at radius 3 is 2.29 bits per heavy atom. The molecule has 162 valence electrons. The zero-order valence-corrected chi connectivity index (χ0v) is 18.5. The van der Waals surface area contributed by atoms with Crippen LogP contribution in [0.4, 0.5) is 0 Å². The van der Waals surface area contributed by atoms with Gasteiger partial charge in [0, 0.05) is 0 Å². The Kier molecular flexibility index (Phi) is 8.01. The third kappa shape index (κ3) is 6.06. The molecular weight excluding hydrogens is 416 g/mol. The Morgan fingerprint density at radius 1 is 0.839 bits per heavy atom. The minimum Gasteiger partial charge on any atom is -0.493 e. The van der Waals surface area contributed by atoms with Gasteiger partial charge in [-0.1, -0.05) is 48.0 Å². The van der Waals surface area contributed by atoms with Crippen molar-refractivity contribution in [3.05, 3.63) is 82.4 Å². The molecule has 0 aromatic heterocycles. The van der Waals surface area contributed by atoms with Crippen LogP contribution in [0, 0.1) is 0 Å². The van der Waals surface area contributed by atoms with Gasteiger partial charge in [0.2, 0.25) is 0 Å². The Labute approximate surface area is 187 Å². The van der Waals surface area contributed by atoms with Gasteiger partial charge in [-0.3, -0.25) is 0 Å². The lowest BCUT2D eigenvalue weighted by atomic mass is 10.2. The van der Waals surface area contributed by atoms with Crippen molar-refractivity contribution < 1.29 is 18.9 Å². The van der Waals surface area contributed by atoms with Gasteiger partial charge in [-0.05, 0) is 41.0 Å². The first-order valence-corrected chi connectivity index (χ1v) is 10.0. The van der Waals surface area contributed by atoms with Gasteiger partial charge in [-0.15, -0.1) is 0 Å². The van der Waals surface area contributed by atoms with Crippen molar-refractivity contribution in [2.45, 2.75) is 13.2 Å². The second kappa shape index (κ2) is 11.1. The third-order valence-electron chi connectivity index (χ3n) is 4.51. The molecule has 0 bridgehead atoms. The lowest BCUT2D eigenvalue weighted by molar-refractivity contribution is 0.284. The number of hydrogen-bond acceptors (Lipinski definition) is 6. The fourth-order valence-electron chi connectivity index (χ4n) is 2.93. The second-order valence-corrected chi connectivity index (χ2v) is 7.00. The number of rotatable bonds is 10. The zero-order valence-electron chi connectivity index (χ0n) is 17.7. The SMILES string of the molecule is COc1ccc(CN/N=C\c2cc(Cl)c(OCc3ccccc3)c(OC)c2)cc1OC. The highest BCUT2D eigenvalue weighted by molar-refractivity contribution is 6.32. The predicted molar refractivity (Wildman–Crippen MR) is 123 cm³/mol. The Bertz CT molecular complexity index is 1030. The van der Waals surface area contributed by atoms with Gasteiger partial charge in [-0.2, -0.15) is 5.10 Å². The molecule has 0 heterocycles. The molecule has 31 heavy (non-hydrogen) atoms. The summed E-state index contributed by atoms with van der Waals surface area (Å²) in [5.74, 6) is 2.41. The van der Waals surface area contributed by atoms with Gasteiger partial charge in [-0.25, -0.2) is 0 Å². The molecule has 7 heteroatoms. The first-order valence-electron chi connectivity index (χ1n) is 9.65. The van der Waals surface area contributed by atoms with Crippen molar-refractivity contribution in [3.8, 4) is 23.0 Å². The van der Waals surface area contributed by atoms with Crippen molar-refractivity contribution in [2.75, 3.05) is 21.3 Å². The van der Waals surface area contributed by atoms with E-state index in [9.17, 15) is 0 Å². The lowest BCUT2D eigenvalue weighted by Crippen LogP contribution is -2.06. The van der Waals surface area contributed by atoms with E-state index in [-0.39, 0.29) is 0 Å². The Balaban J connectivity index is 1.63. The highest BCUT2D eigenvalue weighted by atomic mass is 35.5. The third-order valence-corrected chi connectivity index (χ3v) is 4.79. The average Bonchev–Trinajstić information content (AvgIpc) is 2.81. The topological polar surface area (TPSA) is 61.3 Å². The van der Waals surface area contributed by atoms with Gasteiger partial charge < -0.3 is 24.4 Å². The number of methoxy groups -OCH3 is 3. The molecule has 0 unspecified atom stereocenters. The van der Waals surface area contributed by atoms with Gasteiger partial charge in [0.25, 0.3) is 0 Å². The highest BCUT2D eigenvalue weighted by Gasteiger charge is 2.12. The Hall–Kier alpha value is -3.38. The van der Waals surface area contributed by atoms with Crippen LogP contribution in [-0.2, 0) is 13.2 Å². The van der Waals surface area contributed by atoms with E-state index in [4.69, 9.17) is 30.5 Å². The monoisotopic (exact) mass is 440 g/mol. The molecule has 0 amide bonds. The molecule has 1 N–H and O–H groups in total. The summed E-state index contributed by atoms with van der Waals surface area (Å²) in [5.41, 5.74) is 5.86. The zero-order chi connectivity index (χ0) is 22.1. The number of nitrogens with one attached hydrogen (secondary N) is 1. The maximum absolute atomic E-state index is 6.44. The minimum atomic E-state index is 0.400. The molecule has 0 radical (unpaired) electrons. The summed E-state index contributed by atoms with van der Waals surface area (Å²) in [6.45, 7) is 0.928. The molecule has 0 aliphatic heterocycles. The molecule has 3 rings (SSSR count). The van der Waals surface area contributed by atoms with E-state index >= 15 is 0 Å². The van der Waals surface area contributed by atoms with Crippen LogP contribution in [0.3, 0.4) is 0 Å². The van der Waals surface area contributed by atoms with Crippen LogP contribution in [-0.4, -0.2) is 27.5 Å². The average molecular weight is 441 g/mol. The van der Waals surface area contributed by atoms with Crippen molar-refractivity contribution in [1.82, 2.24) is 5.43 Å². The number of ether oxygens (including phenoxy) is 4. The van der Waals surface area contributed by atoms with E-state index in [1.165, 1.54) is 0 Å². The molecule has 0 aliphatic rings. The first-order chi connectivity index (χ1) is 15.1. The summed E-state index contributed by atoms with van der Waals surface area (Å²) in [6, 6.07) is 19.2. The van der Waals surface area contributed by atoms with Crippen LogP contribution in [0.1, 0.15) is 16.7 Å². The number of halogens is 1. The molecule has 0 saturated carbocycles. The van der Waals surface area contributed by atoms with Crippen molar-refractivity contribution in [1.29, 1.82) is 0 Å². The molecule has 0 saturated heterocycles. The minimum absolute atomic E-state index is 0.400. The van der Waals surface area contributed by atoms with Crippen molar-refractivity contribution in [2.24, 2.45) is 5.10 Å². The smallest absolute Gasteiger partial charge is 0.180 e. The van der Waals surface area contributed by atoms with Crippen LogP contribution >= 0.6 is 11.6 Å². The van der Waals surface area contributed by atoms with Crippen LogP contribution in [0.15, 0.2) is 65.8 Å². The van der Waals surface area contributed by atoms with E-state index < -0.39 is 0 Å². The summed E-state index contributed by atoms with van der Waals surface area (Å²) in [7, 11) is 4.80. The summed E-state index contributed by atoms with van der Waals surface area (Å²) >= 11 is 6.44. The second-order valence-electron chi connectivity index (χ2n) is 6.59. The van der Waals surface area contributed by atoms with Crippen LogP contribution in [0.5, 0.6) is 23.0 Å². The maximum atomic E-state index is 6.44. The van der Waals surface area contributed by atoms with E-state index in [0.29, 0.717) is 41.2 Å². The summed E-state index contributed by atoms with van der Waals surface area (Å²) in [4.78, 5) is 0. The van der Waals surface area contributed by atoms with Gasteiger partial charge in [0.15, 0.2) is 23.0 Å². The molecule has 0 spiro atoms. The standard InChI is InChI=1S/C24H25ClN2O4/c1-28-21-10-9-18(12-22(21)29-2)14-26-27-15-19-11-20(25)24(23(13-19)30-3)31-16-17-7-5-4-6-8-17/h4-13,15,26H,14,16H2,1-3H3/b27-15-. The summed E-state index contributed by atoms with van der Waals surface area (Å²) in [5, 5.41) is 4.73. The van der Waals surface area contributed by atoms with E-state index in [0.717, 1.165) is 16.7 Å². The van der Waals surface area contributed by atoms with Crippen LogP contribution in [0.25, 0.3) is 0 Å². The van der Waals surface area contributed by atoms with Crippen LogP contribution < -0.4 is 24.4 Å².